The van der Waals surface area contributed by atoms with Crippen molar-refractivity contribution in [1.82, 2.24) is 5.32 Å². The molecule has 0 aliphatic rings. The summed E-state index contributed by atoms with van der Waals surface area (Å²) in [4.78, 5) is 0. The van der Waals surface area contributed by atoms with Crippen molar-refractivity contribution in [3.8, 4) is 0 Å². The molecule has 0 aliphatic carbocycles. The lowest BCUT2D eigenvalue weighted by molar-refractivity contribution is 0.450. The molecule has 2 rings (SSSR count). The highest BCUT2D eigenvalue weighted by Crippen LogP contribution is 2.08. The average Bonchev–Trinajstić information content (AvgIpc) is 2.77. The Bertz CT molecular complexity index is 473. The molecule has 0 spiro atoms. The summed E-state index contributed by atoms with van der Waals surface area (Å²) >= 11 is 0. The van der Waals surface area contributed by atoms with Crippen LogP contribution in [0.3, 0.4) is 0 Å². The summed E-state index contributed by atoms with van der Waals surface area (Å²) in [5.74, 6) is 2.06. The number of nitrogens with one attached hydrogen (secondary N) is 1. The second-order valence-corrected chi connectivity index (χ2v) is 4.31. The van der Waals surface area contributed by atoms with Crippen molar-refractivity contribution >= 4 is 0 Å². The van der Waals surface area contributed by atoms with Crippen molar-refractivity contribution in [3.05, 3.63) is 59.0 Å². The Balaban J connectivity index is 1.83. The van der Waals surface area contributed by atoms with E-state index in [-0.39, 0.29) is 0 Å². The Morgan fingerprint density at radius 1 is 1.06 bits per heavy atom. The fourth-order valence-electron chi connectivity index (χ4n) is 1.86. The highest BCUT2D eigenvalue weighted by Gasteiger charge is 2.00. The fraction of sp³-hybridized carbons (Fsp3) is 0.333. The summed E-state index contributed by atoms with van der Waals surface area (Å²) in [5.41, 5.74) is 2.61. The van der Waals surface area contributed by atoms with Gasteiger partial charge in [0.15, 0.2) is 0 Å². The first kappa shape index (κ1) is 11.9. The van der Waals surface area contributed by atoms with Gasteiger partial charge >= 0.3 is 0 Å². The second-order valence-electron chi connectivity index (χ2n) is 4.31. The van der Waals surface area contributed by atoms with Crippen LogP contribution in [0, 0.1) is 6.92 Å². The van der Waals surface area contributed by atoms with Crippen LogP contribution in [-0.2, 0) is 19.5 Å². The van der Waals surface area contributed by atoms with Crippen LogP contribution in [0.5, 0.6) is 0 Å². The van der Waals surface area contributed by atoms with Crippen molar-refractivity contribution < 1.29 is 4.42 Å². The molecular weight excluding hydrogens is 210 g/mol. The maximum atomic E-state index is 5.63. The van der Waals surface area contributed by atoms with Crippen LogP contribution in [-0.4, -0.2) is 0 Å². The maximum Gasteiger partial charge on any atom is 0.117 e. The maximum absolute atomic E-state index is 5.63. The lowest BCUT2D eigenvalue weighted by Gasteiger charge is -2.04. The topological polar surface area (TPSA) is 25.2 Å². The number of hydrogen-bond donors (Lipinski definition) is 1. The summed E-state index contributed by atoms with van der Waals surface area (Å²) in [6.07, 6.45) is 0.956. The summed E-state index contributed by atoms with van der Waals surface area (Å²) in [5, 5.41) is 3.39. The molecule has 0 amide bonds. The standard InChI is InChI=1S/C15H19NO/c1-3-14-7-8-15(17-14)11-16-10-13-6-4-5-12(2)9-13/h4-9,16H,3,10-11H2,1-2H3. The highest BCUT2D eigenvalue weighted by atomic mass is 16.3. The zero-order valence-corrected chi connectivity index (χ0v) is 10.5. The zero-order valence-electron chi connectivity index (χ0n) is 10.5. The first-order valence-electron chi connectivity index (χ1n) is 6.12. The number of hydrogen-bond acceptors (Lipinski definition) is 2. The molecule has 0 radical (unpaired) electrons. The van der Waals surface area contributed by atoms with Crippen LogP contribution >= 0.6 is 0 Å². The Morgan fingerprint density at radius 3 is 2.59 bits per heavy atom. The number of benzene rings is 1. The highest BCUT2D eigenvalue weighted by molar-refractivity contribution is 5.22. The van der Waals surface area contributed by atoms with Crippen LogP contribution in [0.25, 0.3) is 0 Å². The summed E-state index contributed by atoms with van der Waals surface area (Å²) in [6, 6.07) is 12.6. The van der Waals surface area contributed by atoms with E-state index >= 15 is 0 Å². The lowest BCUT2D eigenvalue weighted by Crippen LogP contribution is -2.12. The lowest BCUT2D eigenvalue weighted by atomic mass is 10.1. The molecule has 1 N–H and O–H groups in total. The van der Waals surface area contributed by atoms with E-state index in [1.165, 1.54) is 11.1 Å². The molecule has 0 atom stereocenters. The zero-order chi connectivity index (χ0) is 12.1. The van der Waals surface area contributed by atoms with Gasteiger partial charge in [0.1, 0.15) is 11.5 Å². The smallest absolute Gasteiger partial charge is 0.117 e. The van der Waals surface area contributed by atoms with Gasteiger partial charge < -0.3 is 9.73 Å². The summed E-state index contributed by atoms with van der Waals surface area (Å²) in [6.45, 7) is 5.88. The van der Waals surface area contributed by atoms with Gasteiger partial charge in [-0.1, -0.05) is 36.8 Å². The van der Waals surface area contributed by atoms with Crippen LogP contribution in [0.4, 0.5) is 0 Å². The van der Waals surface area contributed by atoms with E-state index < -0.39 is 0 Å². The minimum absolute atomic E-state index is 0.786. The van der Waals surface area contributed by atoms with Crippen molar-refractivity contribution in [2.45, 2.75) is 33.4 Å². The third-order valence-corrected chi connectivity index (χ3v) is 2.78. The van der Waals surface area contributed by atoms with E-state index in [0.29, 0.717) is 0 Å². The molecule has 2 nitrogen and oxygen atoms in total. The van der Waals surface area contributed by atoms with Crippen LogP contribution in [0.1, 0.15) is 29.6 Å². The molecule has 0 aliphatic heterocycles. The monoisotopic (exact) mass is 229 g/mol. The molecule has 1 heterocycles. The van der Waals surface area contributed by atoms with Gasteiger partial charge in [0.2, 0.25) is 0 Å². The summed E-state index contributed by atoms with van der Waals surface area (Å²) in [7, 11) is 0. The molecule has 0 saturated carbocycles. The van der Waals surface area contributed by atoms with Gasteiger partial charge in [-0.3, -0.25) is 0 Å². The van der Waals surface area contributed by atoms with E-state index in [1.807, 2.05) is 12.1 Å². The predicted molar refractivity (Wildman–Crippen MR) is 69.8 cm³/mol. The van der Waals surface area contributed by atoms with E-state index in [1.54, 1.807) is 0 Å². The van der Waals surface area contributed by atoms with Crippen molar-refractivity contribution in [3.63, 3.8) is 0 Å². The van der Waals surface area contributed by atoms with Gasteiger partial charge in [0, 0.05) is 13.0 Å². The SMILES string of the molecule is CCc1ccc(CNCc2cccc(C)c2)o1. The van der Waals surface area contributed by atoms with E-state index in [0.717, 1.165) is 31.0 Å². The first-order valence-corrected chi connectivity index (χ1v) is 6.12. The molecule has 0 bridgehead atoms. The Kier molecular flexibility index (Phi) is 3.99. The Morgan fingerprint density at radius 2 is 1.88 bits per heavy atom. The molecule has 0 unspecified atom stereocenters. The van der Waals surface area contributed by atoms with Crippen molar-refractivity contribution in [2.75, 3.05) is 0 Å². The molecule has 2 aromatic rings. The first-order chi connectivity index (χ1) is 8.28. The van der Waals surface area contributed by atoms with E-state index in [2.05, 4.69) is 43.4 Å². The molecule has 0 fully saturated rings. The van der Waals surface area contributed by atoms with Crippen LogP contribution < -0.4 is 5.32 Å². The van der Waals surface area contributed by atoms with Crippen LogP contribution in [0.15, 0.2) is 40.8 Å². The van der Waals surface area contributed by atoms with Gasteiger partial charge in [-0.15, -0.1) is 0 Å². The molecule has 1 aromatic heterocycles. The van der Waals surface area contributed by atoms with E-state index in [9.17, 15) is 0 Å². The molecule has 90 valence electrons. The van der Waals surface area contributed by atoms with Crippen molar-refractivity contribution in [1.29, 1.82) is 0 Å². The minimum atomic E-state index is 0.786. The molecule has 17 heavy (non-hydrogen) atoms. The number of furan rings is 1. The quantitative estimate of drug-likeness (QED) is 0.849. The Hall–Kier alpha value is -1.54. The number of rotatable bonds is 5. The minimum Gasteiger partial charge on any atom is -0.465 e. The molecule has 0 saturated heterocycles. The normalized spacial score (nSPS) is 10.7. The van der Waals surface area contributed by atoms with Gasteiger partial charge in [-0.05, 0) is 24.6 Å². The largest absolute Gasteiger partial charge is 0.465 e. The van der Waals surface area contributed by atoms with Gasteiger partial charge in [-0.25, -0.2) is 0 Å². The van der Waals surface area contributed by atoms with Gasteiger partial charge in [0.05, 0.1) is 6.54 Å². The third-order valence-electron chi connectivity index (χ3n) is 2.78. The number of aryl methyl sites for hydroxylation is 2. The molecule has 2 heteroatoms. The molecular formula is C15H19NO. The second kappa shape index (κ2) is 5.69. The van der Waals surface area contributed by atoms with Gasteiger partial charge in [0.25, 0.3) is 0 Å². The molecule has 1 aromatic carbocycles. The average molecular weight is 229 g/mol. The Labute approximate surface area is 103 Å². The predicted octanol–water partition coefficient (Wildman–Crippen LogP) is 3.44. The summed E-state index contributed by atoms with van der Waals surface area (Å²) < 4.78 is 5.63. The van der Waals surface area contributed by atoms with Crippen LogP contribution in [0.2, 0.25) is 0 Å². The third kappa shape index (κ3) is 3.46. The van der Waals surface area contributed by atoms with Crippen molar-refractivity contribution in [2.24, 2.45) is 0 Å². The van der Waals surface area contributed by atoms with E-state index in [4.69, 9.17) is 4.42 Å². The van der Waals surface area contributed by atoms with Gasteiger partial charge in [-0.2, -0.15) is 0 Å². The fourth-order valence-corrected chi connectivity index (χ4v) is 1.86.